The molecule has 2 heterocycles. The summed E-state index contributed by atoms with van der Waals surface area (Å²) in [7, 11) is 3.32. The highest BCUT2D eigenvalue weighted by molar-refractivity contribution is 5.89. The first-order chi connectivity index (χ1) is 11.7. The number of anilines is 1. The van der Waals surface area contributed by atoms with Crippen molar-refractivity contribution in [2.24, 2.45) is 7.05 Å². The van der Waals surface area contributed by atoms with Crippen molar-refractivity contribution in [2.45, 2.75) is 39.5 Å². The van der Waals surface area contributed by atoms with Crippen LogP contribution in [-0.4, -0.2) is 44.1 Å². The van der Waals surface area contributed by atoms with Crippen molar-refractivity contribution >= 4 is 17.6 Å². The predicted octanol–water partition coefficient (Wildman–Crippen LogP) is 0.930. The van der Waals surface area contributed by atoms with Crippen LogP contribution in [0.5, 0.6) is 0 Å². The van der Waals surface area contributed by atoms with Crippen LogP contribution in [-0.2, 0) is 29.7 Å². The van der Waals surface area contributed by atoms with Crippen molar-refractivity contribution in [3.05, 3.63) is 29.8 Å². The molecule has 0 saturated carbocycles. The summed E-state index contributed by atoms with van der Waals surface area (Å²) in [6.07, 6.45) is 5.10. The number of hydrogen-bond donors (Lipinski definition) is 2. The van der Waals surface area contributed by atoms with Crippen LogP contribution in [0.4, 0.5) is 5.69 Å². The standard InChI is InChI=1S/C16H24N6O3/c1-16(2,3)25-15(24)14-11(8-21(5)20-14)6-18-12-7-19-22(9-12)10-13(23)17-4/h7-9,18H,6,10H2,1-5H3,(H,17,23). The third kappa shape index (κ3) is 5.33. The second-order valence-electron chi connectivity index (χ2n) is 6.63. The van der Waals surface area contributed by atoms with E-state index < -0.39 is 11.6 Å². The Morgan fingerprint density at radius 3 is 2.64 bits per heavy atom. The van der Waals surface area contributed by atoms with Crippen LogP contribution in [0.25, 0.3) is 0 Å². The molecule has 1 amide bonds. The molecule has 0 fully saturated rings. The summed E-state index contributed by atoms with van der Waals surface area (Å²) in [6.45, 7) is 5.97. The normalized spacial score (nSPS) is 11.2. The Morgan fingerprint density at radius 2 is 2.00 bits per heavy atom. The Balaban J connectivity index is 2.04. The van der Waals surface area contributed by atoms with Gasteiger partial charge in [0, 0.05) is 38.6 Å². The highest BCUT2D eigenvalue weighted by Crippen LogP contribution is 2.16. The van der Waals surface area contributed by atoms with Gasteiger partial charge in [-0.05, 0) is 20.8 Å². The zero-order valence-electron chi connectivity index (χ0n) is 15.2. The van der Waals surface area contributed by atoms with Gasteiger partial charge in [-0.15, -0.1) is 0 Å². The van der Waals surface area contributed by atoms with Crippen molar-refractivity contribution in [2.75, 3.05) is 12.4 Å². The quantitative estimate of drug-likeness (QED) is 0.753. The molecule has 9 heteroatoms. The molecule has 136 valence electrons. The molecule has 0 radical (unpaired) electrons. The Kier molecular flexibility index (Phi) is 5.45. The molecular formula is C16H24N6O3. The van der Waals surface area contributed by atoms with E-state index in [1.807, 2.05) is 20.8 Å². The fourth-order valence-electron chi connectivity index (χ4n) is 2.13. The highest BCUT2D eigenvalue weighted by atomic mass is 16.6. The van der Waals surface area contributed by atoms with Crippen molar-refractivity contribution in [3.63, 3.8) is 0 Å². The van der Waals surface area contributed by atoms with Crippen LogP contribution in [0.1, 0.15) is 36.8 Å². The van der Waals surface area contributed by atoms with Gasteiger partial charge in [0.05, 0.1) is 11.9 Å². The van der Waals surface area contributed by atoms with Crippen LogP contribution in [0.15, 0.2) is 18.6 Å². The van der Waals surface area contributed by atoms with E-state index >= 15 is 0 Å². The molecule has 2 aromatic rings. The second-order valence-corrected chi connectivity index (χ2v) is 6.63. The van der Waals surface area contributed by atoms with E-state index in [4.69, 9.17) is 4.74 Å². The Bertz CT molecular complexity index is 756. The minimum atomic E-state index is -0.583. The van der Waals surface area contributed by atoms with E-state index in [1.165, 1.54) is 4.68 Å². The molecule has 0 saturated heterocycles. The smallest absolute Gasteiger partial charge is 0.359 e. The average Bonchev–Trinajstić information content (AvgIpc) is 3.09. The number of likely N-dealkylation sites (N-methyl/N-ethyl adjacent to an activating group) is 1. The van der Waals surface area contributed by atoms with Crippen LogP contribution >= 0.6 is 0 Å². The van der Waals surface area contributed by atoms with Crippen molar-refractivity contribution in [1.82, 2.24) is 24.9 Å². The van der Waals surface area contributed by atoms with Gasteiger partial charge in [0.15, 0.2) is 5.69 Å². The topological polar surface area (TPSA) is 103 Å². The summed E-state index contributed by atoms with van der Waals surface area (Å²) < 4.78 is 8.49. The number of esters is 1. The molecular weight excluding hydrogens is 324 g/mol. The fourth-order valence-corrected chi connectivity index (χ4v) is 2.13. The number of carbonyl (C=O) groups is 2. The minimum absolute atomic E-state index is 0.130. The number of nitrogens with zero attached hydrogens (tertiary/aromatic N) is 4. The fraction of sp³-hybridized carbons (Fsp3) is 0.500. The van der Waals surface area contributed by atoms with Crippen LogP contribution < -0.4 is 10.6 Å². The zero-order valence-corrected chi connectivity index (χ0v) is 15.2. The van der Waals surface area contributed by atoms with Crippen LogP contribution in [0.2, 0.25) is 0 Å². The van der Waals surface area contributed by atoms with Gasteiger partial charge in [-0.2, -0.15) is 10.2 Å². The lowest BCUT2D eigenvalue weighted by molar-refractivity contribution is -0.121. The van der Waals surface area contributed by atoms with Gasteiger partial charge in [0.2, 0.25) is 5.91 Å². The summed E-state index contributed by atoms with van der Waals surface area (Å²) in [4.78, 5) is 23.6. The van der Waals surface area contributed by atoms with Gasteiger partial charge in [-0.25, -0.2) is 4.79 Å². The molecule has 0 aliphatic carbocycles. The van der Waals surface area contributed by atoms with Gasteiger partial charge < -0.3 is 15.4 Å². The molecule has 2 aromatic heterocycles. The number of nitrogens with one attached hydrogen (secondary N) is 2. The number of carbonyl (C=O) groups excluding carboxylic acids is 2. The van der Waals surface area contributed by atoms with E-state index in [-0.39, 0.29) is 18.1 Å². The van der Waals surface area contributed by atoms with E-state index in [0.29, 0.717) is 6.54 Å². The Hall–Kier alpha value is -2.84. The SMILES string of the molecule is CNC(=O)Cn1cc(NCc2cn(C)nc2C(=O)OC(C)(C)C)cn1. The van der Waals surface area contributed by atoms with Crippen LogP contribution in [0.3, 0.4) is 0 Å². The molecule has 0 atom stereocenters. The maximum absolute atomic E-state index is 12.3. The lowest BCUT2D eigenvalue weighted by Gasteiger charge is -2.19. The third-order valence-electron chi connectivity index (χ3n) is 3.20. The van der Waals surface area contributed by atoms with Crippen molar-refractivity contribution in [3.8, 4) is 0 Å². The number of ether oxygens (including phenoxy) is 1. The van der Waals surface area contributed by atoms with Gasteiger partial charge >= 0.3 is 5.97 Å². The number of aryl methyl sites for hydroxylation is 1. The van der Waals surface area contributed by atoms with Crippen molar-refractivity contribution < 1.29 is 14.3 Å². The second kappa shape index (κ2) is 7.37. The molecule has 0 unspecified atom stereocenters. The van der Waals surface area contributed by atoms with Crippen LogP contribution in [0, 0.1) is 0 Å². The van der Waals surface area contributed by atoms with E-state index in [0.717, 1.165) is 11.3 Å². The lowest BCUT2D eigenvalue weighted by Crippen LogP contribution is -2.25. The first kappa shape index (κ1) is 18.5. The minimum Gasteiger partial charge on any atom is -0.455 e. The third-order valence-corrected chi connectivity index (χ3v) is 3.20. The molecule has 25 heavy (non-hydrogen) atoms. The van der Waals surface area contributed by atoms with E-state index in [1.54, 1.807) is 37.4 Å². The summed E-state index contributed by atoms with van der Waals surface area (Å²) in [6, 6.07) is 0. The summed E-state index contributed by atoms with van der Waals surface area (Å²) in [5.74, 6) is -0.589. The van der Waals surface area contributed by atoms with Crippen molar-refractivity contribution in [1.29, 1.82) is 0 Å². The number of hydrogen-bond acceptors (Lipinski definition) is 6. The molecule has 0 aliphatic heterocycles. The van der Waals surface area contributed by atoms with E-state index in [9.17, 15) is 9.59 Å². The van der Waals surface area contributed by atoms with Gasteiger partial charge in [-0.1, -0.05) is 0 Å². The summed E-state index contributed by atoms with van der Waals surface area (Å²) in [5.41, 5.74) is 1.15. The first-order valence-corrected chi connectivity index (χ1v) is 7.90. The molecule has 0 aromatic carbocycles. The van der Waals surface area contributed by atoms with Gasteiger partial charge in [-0.3, -0.25) is 14.2 Å². The van der Waals surface area contributed by atoms with Gasteiger partial charge in [0.25, 0.3) is 0 Å². The predicted molar refractivity (Wildman–Crippen MR) is 92.0 cm³/mol. The first-order valence-electron chi connectivity index (χ1n) is 7.90. The van der Waals surface area contributed by atoms with E-state index in [2.05, 4.69) is 20.8 Å². The summed E-state index contributed by atoms with van der Waals surface area (Å²) >= 11 is 0. The zero-order chi connectivity index (χ0) is 18.6. The molecule has 0 spiro atoms. The molecule has 2 rings (SSSR count). The molecule has 0 aliphatic rings. The number of rotatable bonds is 6. The largest absolute Gasteiger partial charge is 0.455 e. The number of aromatic nitrogens is 4. The monoisotopic (exact) mass is 348 g/mol. The average molecular weight is 348 g/mol. The number of amides is 1. The molecule has 9 nitrogen and oxygen atoms in total. The molecule has 0 bridgehead atoms. The Morgan fingerprint density at radius 1 is 1.28 bits per heavy atom. The molecule has 2 N–H and O–H groups in total. The maximum Gasteiger partial charge on any atom is 0.359 e. The maximum atomic E-state index is 12.3. The van der Waals surface area contributed by atoms with Gasteiger partial charge in [0.1, 0.15) is 12.1 Å². The highest BCUT2D eigenvalue weighted by Gasteiger charge is 2.23. The lowest BCUT2D eigenvalue weighted by atomic mass is 10.2. The Labute approximate surface area is 146 Å². The summed E-state index contributed by atoms with van der Waals surface area (Å²) in [5, 5.41) is 14.0.